The van der Waals surface area contributed by atoms with Gasteiger partial charge in [-0.1, -0.05) is 51.5 Å². The molecule has 0 saturated carbocycles. The molecule has 0 aromatic heterocycles. The second kappa shape index (κ2) is 9.35. The van der Waals surface area contributed by atoms with Crippen LogP contribution < -0.4 is 10.6 Å². The second-order valence-corrected chi connectivity index (χ2v) is 9.88. The number of benzene rings is 1. The van der Waals surface area contributed by atoms with E-state index in [2.05, 4.69) is 16.7 Å². The van der Waals surface area contributed by atoms with Gasteiger partial charge in [-0.3, -0.25) is 14.5 Å². The van der Waals surface area contributed by atoms with Crippen LogP contribution in [0.4, 0.5) is 4.79 Å². The molecule has 0 spiro atoms. The first-order valence-corrected chi connectivity index (χ1v) is 11.4. The number of nitrogens with zero attached hydrogens (tertiary/aromatic N) is 2. The van der Waals surface area contributed by atoms with Crippen molar-refractivity contribution in [3.63, 3.8) is 0 Å². The molecule has 174 valence electrons. The third-order valence-electron chi connectivity index (χ3n) is 6.18. The zero-order chi connectivity index (χ0) is 23.7. The normalized spacial score (nSPS) is 19.6. The fourth-order valence-electron chi connectivity index (χ4n) is 4.47. The fraction of sp³-hybridized carbons (Fsp3) is 0.560. The Labute approximate surface area is 191 Å². The summed E-state index contributed by atoms with van der Waals surface area (Å²) < 4.78 is 0. The SMILES string of the molecule is Cc1ccc([C@H]2NC(=O)N(C)C3=C2C(=O)N([C@H](CC(C)C)C(=O)NCC(C)C)C3)c(C)c1. The molecule has 3 rings (SSSR count). The predicted octanol–water partition coefficient (Wildman–Crippen LogP) is 3.28. The highest BCUT2D eigenvalue weighted by molar-refractivity contribution is 6.03. The predicted molar refractivity (Wildman–Crippen MR) is 125 cm³/mol. The molecule has 0 radical (unpaired) electrons. The van der Waals surface area contributed by atoms with Crippen LogP contribution in [0.25, 0.3) is 0 Å². The van der Waals surface area contributed by atoms with Crippen LogP contribution in [0.5, 0.6) is 0 Å². The first-order chi connectivity index (χ1) is 15.0. The van der Waals surface area contributed by atoms with E-state index in [1.54, 1.807) is 11.9 Å². The van der Waals surface area contributed by atoms with Crippen LogP contribution in [-0.2, 0) is 9.59 Å². The highest BCUT2D eigenvalue weighted by Crippen LogP contribution is 2.38. The summed E-state index contributed by atoms with van der Waals surface area (Å²) in [5.74, 6) is 0.247. The lowest BCUT2D eigenvalue weighted by Crippen LogP contribution is -2.50. The number of likely N-dealkylation sites (N-methyl/N-ethyl adjacent to an activating group) is 1. The van der Waals surface area contributed by atoms with Crippen molar-refractivity contribution in [2.24, 2.45) is 11.8 Å². The van der Waals surface area contributed by atoms with Crippen molar-refractivity contribution in [2.45, 2.75) is 60.0 Å². The summed E-state index contributed by atoms with van der Waals surface area (Å²) in [5.41, 5.74) is 4.28. The Balaban J connectivity index is 1.97. The number of urea groups is 1. The van der Waals surface area contributed by atoms with Gasteiger partial charge in [-0.25, -0.2) is 4.79 Å². The Morgan fingerprint density at radius 1 is 1.16 bits per heavy atom. The molecule has 0 fully saturated rings. The van der Waals surface area contributed by atoms with Crippen molar-refractivity contribution in [1.82, 2.24) is 20.4 Å². The third-order valence-corrected chi connectivity index (χ3v) is 6.18. The molecule has 2 aliphatic rings. The van der Waals surface area contributed by atoms with Gasteiger partial charge >= 0.3 is 6.03 Å². The summed E-state index contributed by atoms with van der Waals surface area (Å²) in [6.07, 6.45) is 0.565. The number of nitrogens with one attached hydrogen (secondary N) is 2. The van der Waals surface area contributed by atoms with E-state index < -0.39 is 12.1 Å². The average molecular weight is 441 g/mol. The van der Waals surface area contributed by atoms with E-state index in [9.17, 15) is 14.4 Å². The largest absolute Gasteiger partial charge is 0.354 e. The molecule has 7 nitrogen and oxygen atoms in total. The van der Waals surface area contributed by atoms with Crippen LogP contribution in [-0.4, -0.2) is 53.8 Å². The zero-order valence-electron chi connectivity index (χ0n) is 20.3. The maximum absolute atomic E-state index is 13.7. The minimum Gasteiger partial charge on any atom is -0.354 e. The third kappa shape index (κ3) is 4.66. The monoisotopic (exact) mass is 440 g/mol. The molecule has 7 heteroatoms. The first kappa shape index (κ1) is 23.8. The van der Waals surface area contributed by atoms with Gasteiger partial charge in [0.05, 0.1) is 23.9 Å². The molecule has 1 aromatic carbocycles. The van der Waals surface area contributed by atoms with Gasteiger partial charge in [0.1, 0.15) is 6.04 Å². The van der Waals surface area contributed by atoms with Crippen molar-refractivity contribution < 1.29 is 14.4 Å². The van der Waals surface area contributed by atoms with Crippen LogP contribution >= 0.6 is 0 Å². The minimum atomic E-state index is -0.574. The van der Waals surface area contributed by atoms with Gasteiger partial charge in [-0.05, 0) is 43.2 Å². The summed E-state index contributed by atoms with van der Waals surface area (Å²) in [6.45, 7) is 13.0. The quantitative estimate of drug-likeness (QED) is 0.683. The Hall–Kier alpha value is -2.83. The molecule has 0 aliphatic carbocycles. The maximum atomic E-state index is 13.7. The van der Waals surface area contributed by atoms with Gasteiger partial charge in [0, 0.05) is 13.6 Å². The van der Waals surface area contributed by atoms with E-state index >= 15 is 0 Å². The standard InChI is InChI=1S/C25H36N4O3/c1-14(2)10-19(23(30)26-12-15(3)4)29-13-20-21(24(29)31)22(27-25(32)28(20)7)18-9-8-16(5)11-17(18)6/h8-9,11,14-15,19,22H,10,12-13H2,1-7H3,(H,26,30)(H,27,32)/t19-,22-/m1/s1. The topological polar surface area (TPSA) is 81.8 Å². The number of amides is 4. The summed E-state index contributed by atoms with van der Waals surface area (Å²) in [7, 11) is 1.68. The fourth-order valence-corrected chi connectivity index (χ4v) is 4.47. The lowest BCUT2D eigenvalue weighted by atomic mass is 9.91. The summed E-state index contributed by atoms with van der Waals surface area (Å²) >= 11 is 0. The Morgan fingerprint density at radius 2 is 1.84 bits per heavy atom. The van der Waals surface area contributed by atoms with Crippen molar-refractivity contribution >= 4 is 17.8 Å². The number of hydrogen-bond donors (Lipinski definition) is 2. The summed E-state index contributed by atoms with van der Waals surface area (Å²) in [4.78, 5) is 42.7. The van der Waals surface area contributed by atoms with Crippen molar-refractivity contribution in [3.05, 3.63) is 46.2 Å². The molecule has 2 N–H and O–H groups in total. The maximum Gasteiger partial charge on any atom is 0.322 e. The van der Waals surface area contributed by atoms with E-state index in [0.717, 1.165) is 16.7 Å². The Morgan fingerprint density at radius 3 is 2.44 bits per heavy atom. The van der Waals surface area contributed by atoms with Crippen molar-refractivity contribution in [1.29, 1.82) is 0 Å². The Kier molecular flexibility index (Phi) is 6.96. The van der Waals surface area contributed by atoms with Crippen LogP contribution in [0.2, 0.25) is 0 Å². The van der Waals surface area contributed by atoms with Gasteiger partial charge < -0.3 is 15.5 Å². The summed E-state index contributed by atoms with van der Waals surface area (Å²) in [5, 5.41) is 5.99. The number of carbonyl (C=O) groups excluding carboxylic acids is 3. The molecule has 0 saturated heterocycles. The number of aryl methyl sites for hydroxylation is 2. The number of carbonyl (C=O) groups is 3. The van der Waals surface area contributed by atoms with E-state index in [1.807, 2.05) is 53.7 Å². The highest BCUT2D eigenvalue weighted by atomic mass is 16.2. The lowest BCUT2D eigenvalue weighted by molar-refractivity contribution is -0.137. The van der Waals surface area contributed by atoms with Crippen molar-refractivity contribution in [2.75, 3.05) is 20.1 Å². The average Bonchev–Trinajstić information content (AvgIpc) is 3.04. The van der Waals surface area contributed by atoms with Crippen LogP contribution in [0, 0.1) is 25.7 Å². The molecule has 4 amide bonds. The van der Waals surface area contributed by atoms with Crippen LogP contribution in [0.3, 0.4) is 0 Å². The van der Waals surface area contributed by atoms with E-state index in [1.165, 1.54) is 4.90 Å². The van der Waals surface area contributed by atoms with Crippen LogP contribution in [0.1, 0.15) is 56.8 Å². The van der Waals surface area contributed by atoms with Crippen molar-refractivity contribution in [3.8, 4) is 0 Å². The zero-order valence-corrected chi connectivity index (χ0v) is 20.3. The van der Waals surface area contributed by atoms with E-state index in [0.29, 0.717) is 30.2 Å². The smallest absolute Gasteiger partial charge is 0.322 e. The number of rotatable bonds is 7. The Bertz CT molecular complexity index is 951. The van der Waals surface area contributed by atoms with Gasteiger partial charge in [-0.2, -0.15) is 0 Å². The first-order valence-electron chi connectivity index (χ1n) is 11.4. The second-order valence-electron chi connectivity index (χ2n) is 9.88. The molecule has 2 atom stereocenters. The molecule has 0 bridgehead atoms. The molecule has 32 heavy (non-hydrogen) atoms. The minimum absolute atomic E-state index is 0.134. The van der Waals surface area contributed by atoms with Gasteiger partial charge in [0.15, 0.2) is 0 Å². The lowest BCUT2D eigenvalue weighted by Gasteiger charge is -2.31. The molecular formula is C25H36N4O3. The summed E-state index contributed by atoms with van der Waals surface area (Å²) in [6, 6.07) is 4.68. The molecule has 2 aliphatic heterocycles. The van der Waals surface area contributed by atoms with Gasteiger partial charge in [0.25, 0.3) is 5.91 Å². The number of hydrogen-bond acceptors (Lipinski definition) is 3. The molecule has 0 unspecified atom stereocenters. The van der Waals surface area contributed by atoms with Gasteiger partial charge in [-0.15, -0.1) is 0 Å². The van der Waals surface area contributed by atoms with Gasteiger partial charge in [0.2, 0.25) is 5.91 Å². The molecule has 1 aromatic rings. The molecule has 2 heterocycles. The highest BCUT2D eigenvalue weighted by Gasteiger charge is 2.46. The van der Waals surface area contributed by atoms with Crippen LogP contribution in [0.15, 0.2) is 29.5 Å². The van der Waals surface area contributed by atoms with E-state index in [-0.39, 0.29) is 30.3 Å². The molecular weight excluding hydrogens is 404 g/mol. The van der Waals surface area contributed by atoms with E-state index in [4.69, 9.17) is 0 Å².